The highest BCUT2D eigenvalue weighted by Gasteiger charge is 2.52. The zero-order valence-corrected chi connectivity index (χ0v) is 63.4. The number of hydrogen-bond acceptors (Lipinski definition) is 14. The second kappa shape index (κ2) is 32.2. The molecule has 0 bridgehead atoms. The van der Waals surface area contributed by atoms with Crippen LogP contribution in [0, 0.1) is 68.5 Å². The maximum Gasteiger partial charge on any atom is 0.342 e. The lowest BCUT2D eigenvalue weighted by Crippen LogP contribution is -2.50. The van der Waals surface area contributed by atoms with Gasteiger partial charge in [0.25, 0.3) is 0 Å². The number of aliphatic carboxylic acids is 2. The number of hydrogen-bond donors (Lipinski definition) is 5. The fraction of sp³-hybridized carbons (Fsp3) is 0.781. The summed E-state index contributed by atoms with van der Waals surface area (Å²) in [7, 11) is 0. The summed E-state index contributed by atoms with van der Waals surface area (Å²) in [6.07, 6.45) is 5.94. The first kappa shape index (κ1) is 80.2. The van der Waals surface area contributed by atoms with Crippen LogP contribution in [0.4, 0.5) is 5.82 Å². The molecule has 1 aromatic rings. The molecule has 522 valence electrons. The van der Waals surface area contributed by atoms with Gasteiger partial charge in [-0.2, -0.15) is 0 Å². The number of carboxylic acids is 2. The molecule has 4 rings (SSSR count). The molecule has 5 atom stereocenters. The van der Waals surface area contributed by atoms with Gasteiger partial charge < -0.3 is 40.0 Å². The van der Waals surface area contributed by atoms with Crippen molar-refractivity contribution in [1.29, 1.82) is 0 Å². The van der Waals surface area contributed by atoms with Gasteiger partial charge in [-0.1, -0.05) is 159 Å². The lowest BCUT2D eigenvalue weighted by Gasteiger charge is -2.50. The van der Waals surface area contributed by atoms with Gasteiger partial charge in [0.15, 0.2) is 0 Å². The number of allylic oxidation sites excluding steroid dienone is 1. The second-order valence-corrected chi connectivity index (χ2v) is 36.5. The molecule has 19 heteroatoms. The Morgan fingerprint density at radius 2 is 1.04 bits per heavy atom. The predicted octanol–water partition coefficient (Wildman–Crippen LogP) is 17.1. The molecule has 2 saturated carbocycles. The summed E-state index contributed by atoms with van der Waals surface area (Å²) in [6.45, 7) is 52.3. The van der Waals surface area contributed by atoms with Crippen molar-refractivity contribution in [3.05, 3.63) is 33.7 Å². The summed E-state index contributed by atoms with van der Waals surface area (Å²) in [5.41, 5.74) is 0.588. The van der Waals surface area contributed by atoms with Crippen molar-refractivity contribution in [2.75, 3.05) is 29.2 Å². The van der Waals surface area contributed by atoms with E-state index >= 15 is 19.2 Å². The lowest BCUT2D eigenvalue weighted by molar-refractivity contribution is -0.164. The molecule has 1 aromatic heterocycles. The average Bonchev–Trinajstić information content (AvgIpc) is 1.44. The summed E-state index contributed by atoms with van der Waals surface area (Å²) in [6, 6.07) is 0. The number of carbonyl (C=O) groups is 7. The van der Waals surface area contributed by atoms with Crippen LogP contribution >= 0.6 is 35.3 Å². The molecule has 1 aliphatic heterocycles. The number of carboxylic acid groups (broad SMARTS) is 2. The number of rotatable bonds is 28. The molecular weight excluding hydrogens is 1220 g/mol. The van der Waals surface area contributed by atoms with Crippen LogP contribution in [-0.4, -0.2) is 114 Å². The third-order valence-corrected chi connectivity index (χ3v) is 25.1. The number of amides is 2. The number of esters is 3. The van der Waals surface area contributed by atoms with Crippen LogP contribution in [0.15, 0.2) is 21.8 Å². The van der Waals surface area contributed by atoms with Crippen LogP contribution in [-0.2, 0) is 43.0 Å². The van der Waals surface area contributed by atoms with E-state index in [1.807, 2.05) is 82.2 Å². The Kier molecular flexibility index (Phi) is 28.1. The molecule has 2 heterocycles. The highest BCUT2D eigenvalue weighted by Crippen LogP contribution is 2.53. The van der Waals surface area contributed by atoms with E-state index in [1.165, 1.54) is 23.5 Å². The van der Waals surface area contributed by atoms with E-state index in [2.05, 4.69) is 113 Å². The molecule has 0 radical (unpaired) electrons. The van der Waals surface area contributed by atoms with Gasteiger partial charge in [0, 0.05) is 46.6 Å². The number of amidine groups is 1. The number of anilines is 1. The summed E-state index contributed by atoms with van der Waals surface area (Å²) < 4.78 is 17.7. The summed E-state index contributed by atoms with van der Waals surface area (Å²) in [5.74, 6) is -3.50. The number of thioether (sulfide) groups is 3. The molecule has 2 aliphatic carbocycles. The van der Waals surface area contributed by atoms with Gasteiger partial charge in [-0.25, -0.2) is 14.6 Å². The number of H-pyrrole nitrogens is 1. The zero-order chi connectivity index (χ0) is 70.2. The van der Waals surface area contributed by atoms with Crippen LogP contribution in [0.3, 0.4) is 0 Å². The topological polar surface area (TPSA) is 240 Å². The number of aromatic nitrogens is 1. The SMILES string of the molecule is CCC(C)(C)C(=O)OCCSC(CC)(CC)C(=O)NC1=NC(=Cc2[nH]c(NC(=O)C(CC)(CC)SCCSC(CC(=O)O)C(=O)O)c(C(=O)OC3C(C(C)(C)C)CC(C)CC3C(C)(C)C)c2C(C)C)C(C(C)C)=C1C(=O)OC1C(C(C)(C)C)CC(C)CC1C(C)(C)C. The van der Waals surface area contributed by atoms with Crippen molar-refractivity contribution in [3.8, 4) is 0 Å². The first-order valence-corrected chi connectivity index (χ1v) is 37.2. The molecule has 5 N–H and O–H groups in total. The fourth-order valence-corrected chi connectivity index (χ4v) is 17.5. The van der Waals surface area contributed by atoms with Crippen LogP contribution in [0.5, 0.6) is 0 Å². The molecule has 3 aliphatic rings. The predicted molar refractivity (Wildman–Crippen MR) is 379 cm³/mol. The van der Waals surface area contributed by atoms with Crippen molar-refractivity contribution in [1.82, 2.24) is 10.3 Å². The van der Waals surface area contributed by atoms with E-state index in [0.717, 1.165) is 37.4 Å². The summed E-state index contributed by atoms with van der Waals surface area (Å²) in [4.78, 5) is 108. The normalized spacial score (nSPS) is 22.9. The molecule has 16 nitrogen and oxygen atoms in total. The van der Waals surface area contributed by atoms with E-state index < -0.39 is 62.7 Å². The van der Waals surface area contributed by atoms with Gasteiger partial charge in [0.2, 0.25) is 11.8 Å². The highest BCUT2D eigenvalue weighted by atomic mass is 32.2. The van der Waals surface area contributed by atoms with Crippen LogP contribution in [0.2, 0.25) is 0 Å². The van der Waals surface area contributed by atoms with Crippen LogP contribution < -0.4 is 10.6 Å². The first-order valence-electron chi connectivity index (χ1n) is 34.2. The number of carbonyl (C=O) groups excluding carboxylic acids is 5. The highest BCUT2D eigenvalue weighted by molar-refractivity contribution is 8.04. The number of nitrogens with one attached hydrogen (secondary N) is 3. The van der Waals surface area contributed by atoms with Crippen molar-refractivity contribution in [2.24, 2.45) is 73.5 Å². The number of nitrogens with zero attached hydrogens (tertiary/aromatic N) is 1. The maximum atomic E-state index is 15.9. The van der Waals surface area contributed by atoms with Crippen molar-refractivity contribution in [2.45, 2.75) is 270 Å². The average molecular weight is 1340 g/mol. The molecular formula is C73H120N4O12S3. The third-order valence-electron chi connectivity index (χ3n) is 20.2. The lowest BCUT2D eigenvalue weighted by atomic mass is 9.59. The Labute approximate surface area is 566 Å². The van der Waals surface area contributed by atoms with Crippen LogP contribution in [0.25, 0.3) is 6.08 Å². The standard InChI is InChI=1S/C73H120N4O12S3/c1-26-71(24,25)66(86)87-31-32-91-72(27-2,28-3)64(84)76-59-55(62(82)88-57-45(67(12,13)14)35-43(10)36-46(57)68(15,16)17)53(41(6)7)49(74-59)39-50-54(42(8)9)56(63(83)89-58-47(69(18,19)20)37-44(11)38-48(58)70(21,22)23)60(75-50)77-65(85)73(29-4,30-5)92-34-33-90-51(61(80)81)40-52(78)79/h39,41-48,51,57-58,75H,26-38,40H2,1-25H3,(H,77,85)(H,78,79)(H,80,81)(H,74,76,84). The molecule has 0 spiro atoms. The minimum atomic E-state index is -1.22. The van der Waals surface area contributed by atoms with Gasteiger partial charge in [-0.3, -0.25) is 24.0 Å². The van der Waals surface area contributed by atoms with Crippen LogP contribution in [0.1, 0.15) is 265 Å². The largest absolute Gasteiger partial charge is 0.481 e. The molecule has 0 aromatic carbocycles. The zero-order valence-electron chi connectivity index (χ0n) is 61.0. The third kappa shape index (κ3) is 19.7. The van der Waals surface area contributed by atoms with Gasteiger partial charge in [-0.05, 0) is 134 Å². The minimum Gasteiger partial charge on any atom is -0.481 e. The summed E-state index contributed by atoms with van der Waals surface area (Å²) >= 11 is 3.79. The number of ether oxygens (including phenoxy) is 3. The van der Waals surface area contributed by atoms with Crippen molar-refractivity contribution < 1.29 is 58.0 Å². The molecule has 92 heavy (non-hydrogen) atoms. The van der Waals surface area contributed by atoms with Gasteiger partial charge in [0.1, 0.15) is 46.9 Å². The fourth-order valence-electron chi connectivity index (χ4n) is 13.9. The van der Waals surface area contributed by atoms with E-state index in [0.29, 0.717) is 78.0 Å². The smallest absolute Gasteiger partial charge is 0.342 e. The molecule has 5 unspecified atom stereocenters. The van der Waals surface area contributed by atoms with E-state index in [1.54, 1.807) is 0 Å². The monoisotopic (exact) mass is 1340 g/mol. The number of aliphatic imine (C=N–C) groups is 1. The molecule has 0 saturated heterocycles. The van der Waals surface area contributed by atoms with Gasteiger partial charge in [0.05, 0.1) is 27.0 Å². The Hall–Kier alpha value is -4.23. The Morgan fingerprint density at radius 1 is 0.609 bits per heavy atom. The van der Waals surface area contributed by atoms with E-state index in [-0.39, 0.29) is 110 Å². The van der Waals surface area contributed by atoms with Gasteiger partial charge in [-0.15, -0.1) is 35.3 Å². The first-order chi connectivity index (χ1) is 42.3. The minimum absolute atomic E-state index is 0.000138. The van der Waals surface area contributed by atoms with Gasteiger partial charge >= 0.3 is 29.8 Å². The quantitative estimate of drug-likeness (QED) is 0.0298. The molecule has 2 amide bonds. The van der Waals surface area contributed by atoms with E-state index in [9.17, 15) is 24.6 Å². The van der Waals surface area contributed by atoms with Crippen molar-refractivity contribution in [3.63, 3.8) is 0 Å². The maximum absolute atomic E-state index is 15.9. The molecule has 2 fully saturated rings. The summed E-state index contributed by atoms with van der Waals surface area (Å²) in [5, 5.41) is 24.5. The Bertz CT molecular complexity index is 2820. The van der Waals surface area contributed by atoms with E-state index in [4.69, 9.17) is 19.2 Å². The Morgan fingerprint density at radius 3 is 1.43 bits per heavy atom. The Balaban J connectivity index is 2.09. The second-order valence-electron chi connectivity index (χ2n) is 32.3. The number of aromatic amines is 1. The van der Waals surface area contributed by atoms with Crippen molar-refractivity contribution >= 4 is 94.7 Å².